The van der Waals surface area contributed by atoms with Crippen molar-refractivity contribution in [3.63, 3.8) is 0 Å². The second-order valence-electron chi connectivity index (χ2n) is 2.00. The minimum Gasteiger partial charge on any atom is -0.211 e. The average molecular weight is 145 g/mol. The Morgan fingerprint density at radius 2 is 2.27 bits per heavy atom. The highest BCUT2D eigenvalue weighted by Gasteiger charge is 1.87. The zero-order valence-corrected chi connectivity index (χ0v) is 6.00. The Morgan fingerprint density at radius 1 is 1.45 bits per heavy atom. The quantitative estimate of drug-likeness (QED) is 0.313. The molecule has 0 saturated heterocycles. The molecule has 0 fully saturated rings. The van der Waals surface area contributed by atoms with Crippen LogP contribution < -0.4 is 0 Å². The van der Waals surface area contributed by atoms with Gasteiger partial charge in [0.1, 0.15) is 0 Å². The van der Waals surface area contributed by atoms with Crippen molar-refractivity contribution in [3.8, 4) is 11.8 Å². The van der Waals surface area contributed by atoms with Crippen molar-refractivity contribution < 1.29 is 4.79 Å². The Balaban J connectivity index is 2.80. The molecule has 0 aliphatic heterocycles. The van der Waals surface area contributed by atoms with E-state index in [1.54, 1.807) is 12.2 Å². The van der Waals surface area contributed by atoms with Gasteiger partial charge in [0, 0.05) is 12.8 Å². The second kappa shape index (κ2) is 4.27. The van der Waals surface area contributed by atoms with Gasteiger partial charge in [-0.3, -0.25) is 0 Å². The summed E-state index contributed by atoms with van der Waals surface area (Å²) in [5.41, 5.74) is 0.647. The molecule has 0 radical (unpaired) electrons. The number of aliphatic imine (C=N–C) groups is 1. The number of hydrogen-bond acceptors (Lipinski definition) is 2. The normalized spacial score (nSPS) is 14.7. The Hall–Kier alpha value is -1.58. The maximum atomic E-state index is 9.87. The zero-order chi connectivity index (χ0) is 7.94. The summed E-state index contributed by atoms with van der Waals surface area (Å²) in [7, 11) is 0. The largest absolute Gasteiger partial charge is 0.240 e. The molecule has 54 valence electrons. The summed E-state index contributed by atoms with van der Waals surface area (Å²) < 4.78 is 0. The van der Waals surface area contributed by atoms with Crippen LogP contribution in [-0.2, 0) is 4.79 Å². The van der Waals surface area contributed by atoms with Crippen LogP contribution in [0.4, 0.5) is 0 Å². The average Bonchev–Trinajstić information content (AvgIpc) is 1.94. The highest BCUT2D eigenvalue weighted by Crippen LogP contribution is 2.02. The van der Waals surface area contributed by atoms with E-state index in [9.17, 15) is 4.79 Å². The number of carbonyl (C=O) groups excluding carboxylic acids is 1. The van der Waals surface area contributed by atoms with Gasteiger partial charge in [-0.05, 0) is 12.2 Å². The van der Waals surface area contributed by atoms with Gasteiger partial charge in [-0.2, -0.15) is 4.99 Å². The molecule has 1 aliphatic carbocycles. The molecule has 2 heteroatoms. The third kappa shape index (κ3) is 2.66. The SMILES string of the molecule is O=C=NC1=CCC#CCC=C1. The molecule has 0 aromatic rings. The van der Waals surface area contributed by atoms with Gasteiger partial charge >= 0.3 is 0 Å². The summed E-state index contributed by atoms with van der Waals surface area (Å²) in [4.78, 5) is 13.4. The van der Waals surface area contributed by atoms with Crippen LogP contribution in [0.1, 0.15) is 12.8 Å². The van der Waals surface area contributed by atoms with Crippen LogP contribution >= 0.6 is 0 Å². The summed E-state index contributed by atoms with van der Waals surface area (Å²) in [6.07, 6.45) is 8.33. The van der Waals surface area contributed by atoms with Crippen molar-refractivity contribution in [2.45, 2.75) is 12.8 Å². The van der Waals surface area contributed by atoms with E-state index in [0.717, 1.165) is 6.42 Å². The number of rotatable bonds is 1. The van der Waals surface area contributed by atoms with Gasteiger partial charge in [0.15, 0.2) is 0 Å². The molecule has 0 aromatic heterocycles. The first kappa shape index (κ1) is 7.53. The van der Waals surface area contributed by atoms with Gasteiger partial charge in [0.05, 0.1) is 5.70 Å². The van der Waals surface area contributed by atoms with Crippen molar-refractivity contribution in [2.24, 2.45) is 4.99 Å². The Kier molecular flexibility index (Phi) is 2.92. The lowest BCUT2D eigenvalue weighted by Gasteiger charge is -1.90. The Labute approximate surface area is 65.3 Å². The Bertz CT molecular complexity index is 295. The van der Waals surface area contributed by atoms with Gasteiger partial charge in [-0.25, -0.2) is 4.79 Å². The Morgan fingerprint density at radius 3 is 3.09 bits per heavy atom. The third-order valence-electron chi connectivity index (χ3n) is 1.22. The van der Waals surface area contributed by atoms with Crippen molar-refractivity contribution in [1.82, 2.24) is 0 Å². The third-order valence-corrected chi connectivity index (χ3v) is 1.22. The van der Waals surface area contributed by atoms with Crippen LogP contribution in [0.25, 0.3) is 0 Å². The highest BCUT2D eigenvalue weighted by molar-refractivity contribution is 5.40. The first-order valence-electron chi connectivity index (χ1n) is 3.34. The molecule has 0 saturated carbocycles. The van der Waals surface area contributed by atoms with Crippen LogP contribution in [-0.4, -0.2) is 6.08 Å². The summed E-state index contributed by atoms with van der Waals surface area (Å²) in [5.74, 6) is 5.84. The molecule has 11 heavy (non-hydrogen) atoms. The predicted octanol–water partition coefficient (Wildman–Crippen LogP) is 1.56. The molecule has 0 aromatic carbocycles. The fraction of sp³-hybridized carbons (Fsp3) is 0.222. The minimum absolute atomic E-state index is 0.647. The summed E-state index contributed by atoms with van der Waals surface area (Å²) >= 11 is 0. The lowest BCUT2D eigenvalue weighted by Crippen LogP contribution is -1.75. The van der Waals surface area contributed by atoms with Crippen molar-refractivity contribution in [3.05, 3.63) is 23.9 Å². The maximum Gasteiger partial charge on any atom is 0.240 e. The molecule has 1 rings (SSSR count). The molecule has 0 bridgehead atoms. The molecule has 0 unspecified atom stereocenters. The van der Waals surface area contributed by atoms with E-state index < -0.39 is 0 Å². The smallest absolute Gasteiger partial charge is 0.211 e. The fourth-order valence-electron chi connectivity index (χ4n) is 0.742. The number of hydrogen-bond donors (Lipinski definition) is 0. The van der Waals surface area contributed by atoms with E-state index in [-0.39, 0.29) is 0 Å². The number of nitrogens with zero attached hydrogens (tertiary/aromatic N) is 1. The molecule has 0 atom stereocenters. The van der Waals surface area contributed by atoms with Crippen LogP contribution in [0.5, 0.6) is 0 Å². The van der Waals surface area contributed by atoms with E-state index in [2.05, 4.69) is 16.8 Å². The topological polar surface area (TPSA) is 29.4 Å². The summed E-state index contributed by atoms with van der Waals surface area (Å²) in [5, 5.41) is 0. The van der Waals surface area contributed by atoms with Gasteiger partial charge in [0.25, 0.3) is 0 Å². The van der Waals surface area contributed by atoms with Crippen LogP contribution in [0.3, 0.4) is 0 Å². The molecule has 1 aliphatic rings. The molecule has 0 N–H and O–H groups in total. The zero-order valence-electron chi connectivity index (χ0n) is 6.00. The van der Waals surface area contributed by atoms with Gasteiger partial charge in [0.2, 0.25) is 6.08 Å². The minimum atomic E-state index is 0.647. The van der Waals surface area contributed by atoms with Crippen molar-refractivity contribution >= 4 is 6.08 Å². The maximum absolute atomic E-state index is 9.87. The fourth-order valence-corrected chi connectivity index (χ4v) is 0.742. The molecular formula is C9H7NO. The van der Waals surface area contributed by atoms with E-state index >= 15 is 0 Å². The molecule has 2 nitrogen and oxygen atoms in total. The summed E-state index contributed by atoms with van der Waals surface area (Å²) in [6, 6.07) is 0. The predicted molar refractivity (Wildman–Crippen MR) is 42.4 cm³/mol. The standard InChI is InChI=1S/C9H7NO/c11-8-10-9-6-4-2-1-3-5-7-9/h4,6-7H,2,5H2. The van der Waals surface area contributed by atoms with Gasteiger partial charge < -0.3 is 0 Å². The van der Waals surface area contributed by atoms with Gasteiger partial charge in [-0.15, -0.1) is 0 Å². The molecular weight excluding hydrogens is 138 g/mol. The number of allylic oxidation sites excluding steroid dienone is 3. The van der Waals surface area contributed by atoms with E-state index in [1.807, 2.05) is 6.08 Å². The van der Waals surface area contributed by atoms with E-state index in [0.29, 0.717) is 12.1 Å². The van der Waals surface area contributed by atoms with E-state index in [4.69, 9.17) is 0 Å². The van der Waals surface area contributed by atoms with Crippen molar-refractivity contribution in [1.29, 1.82) is 0 Å². The lowest BCUT2D eigenvalue weighted by atomic mass is 10.2. The lowest BCUT2D eigenvalue weighted by molar-refractivity contribution is 0.565. The second-order valence-corrected chi connectivity index (χ2v) is 2.00. The number of isocyanates is 1. The van der Waals surface area contributed by atoms with Crippen LogP contribution in [0.2, 0.25) is 0 Å². The van der Waals surface area contributed by atoms with E-state index in [1.165, 1.54) is 6.08 Å². The van der Waals surface area contributed by atoms with Gasteiger partial charge in [-0.1, -0.05) is 17.9 Å². The molecule has 0 spiro atoms. The van der Waals surface area contributed by atoms with Crippen molar-refractivity contribution in [2.75, 3.05) is 0 Å². The first-order valence-corrected chi connectivity index (χ1v) is 3.34. The molecule has 0 amide bonds. The van der Waals surface area contributed by atoms with Crippen LogP contribution in [0.15, 0.2) is 28.9 Å². The first-order chi connectivity index (χ1) is 5.43. The highest BCUT2D eigenvalue weighted by atomic mass is 16.1. The monoisotopic (exact) mass is 145 g/mol. The van der Waals surface area contributed by atoms with Crippen LogP contribution in [0, 0.1) is 11.8 Å². The molecule has 0 heterocycles. The summed E-state index contributed by atoms with van der Waals surface area (Å²) in [6.45, 7) is 0.